The van der Waals surface area contributed by atoms with E-state index in [4.69, 9.17) is 0 Å². The highest BCUT2D eigenvalue weighted by Crippen LogP contribution is 2.27. The molecule has 1 rings (SSSR count). The minimum atomic E-state index is 0. The van der Waals surface area contributed by atoms with E-state index in [2.05, 4.69) is 6.92 Å². The molecule has 0 aromatic carbocycles. The first-order valence-corrected chi connectivity index (χ1v) is 6.93. The van der Waals surface area contributed by atoms with Crippen LogP contribution in [-0.2, 0) is 0 Å². The van der Waals surface area contributed by atoms with E-state index in [1.165, 1.54) is 64.2 Å². The molecule has 1 aliphatic carbocycles. The van der Waals surface area contributed by atoms with Crippen molar-refractivity contribution < 1.29 is 0 Å². The van der Waals surface area contributed by atoms with Crippen LogP contribution in [0.15, 0.2) is 0 Å². The lowest BCUT2D eigenvalue weighted by atomic mass is 9.85. The summed E-state index contributed by atoms with van der Waals surface area (Å²) in [5.41, 5.74) is 0. The van der Waals surface area contributed by atoms with Crippen molar-refractivity contribution in [3.63, 3.8) is 0 Å². The van der Waals surface area contributed by atoms with Crippen LogP contribution >= 0.6 is 0 Å². The fourth-order valence-corrected chi connectivity index (χ4v) is 2.34. The average molecular weight is 230 g/mol. The lowest BCUT2D eigenvalue weighted by Crippen LogP contribution is -2.05. The molecule has 0 heterocycles. The molecule has 0 heteroatoms. The molecule has 0 amide bonds. The van der Waals surface area contributed by atoms with Gasteiger partial charge in [0.15, 0.2) is 0 Å². The van der Waals surface area contributed by atoms with E-state index in [0.29, 0.717) is 0 Å². The van der Waals surface area contributed by atoms with Crippen LogP contribution in [0.3, 0.4) is 0 Å². The molecule has 102 valence electrons. The fourth-order valence-electron chi connectivity index (χ4n) is 2.34. The SMILES string of the molecule is C.C.CC.CCCCCCC1CCCCC1. The summed E-state index contributed by atoms with van der Waals surface area (Å²) in [5, 5.41) is 0. The van der Waals surface area contributed by atoms with Gasteiger partial charge in [-0.1, -0.05) is 99.8 Å². The molecule has 0 atom stereocenters. The van der Waals surface area contributed by atoms with Gasteiger partial charge in [-0.15, -0.1) is 0 Å². The minimum Gasteiger partial charge on any atom is -0.0776 e. The summed E-state index contributed by atoms with van der Waals surface area (Å²) in [4.78, 5) is 0. The van der Waals surface area contributed by atoms with Crippen LogP contribution in [0.4, 0.5) is 0 Å². The van der Waals surface area contributed by atoms with E-state index in [1.54, 1.807) is 0 Å². The van der Waals surface area contributed by atoms with Gasteiger partial charge in [-0.2, -0.15) is 0 Å². The van der Waals surface area contributed by atoms with Crippen molar-refractivity contribution in [3.8, 4) is 0 Å². The van der Waals surface area contributed by atoms with Gasteiger partial charge in [0, 0.05) is 0 Å². The van der Waals surface area contributed by atoms with Gasteiger partial charge in [0.05, 0.1) is 0 Å². The standard InChI is InChI=1S/C12H24.C2H6.2CH4/c1-2-3-4-6-9-12-10-7-5-8-11-12;1-2;;/h12H,2-11H2,1H3;1-2H3;2*1H4. The molecule has 0 aliphatic heterocycles. The molecule has 0 unspecified atom stereocenters. The zero-order valence-corrected chi connectivity index (χ0v) is 10.6. The first-order valence-electron chi connectivity index (χ1n) is 6.93. The highest BCUT2D eigenvalue weighted by Gasteiger charge is 2.11. The van der Waals surface area contributed by atoms with Crippen molar-refractivity contribution >= 4 is 0 Å². The second-order valence-electron chi connectivity index (χ2n) is 4.35. The Balaban J connectivity index is -0.000000399. The normalized spacial score (nSPS) is 15.2. The summed E-state index contributed by atoms with van der Waals surface area (Å²) in [6.45, 7) is 6.29. The van der Waals surface area contributed by atoms with Crippen LogP contribution in [0.5, 0.6) is 0 Å². The maximum atomic E-state index is 2.29. The van der Waals surface area contributed by atoms with Crippen molar-refractivity contribution in [2.75, 3.05) is 0 Å². The molecule has 0 spiro atoms. The zero-order chi connectivity index (χ0) is 10.6. The second-order valence-corrected chi connectivity index (χ2v) is 4.35. The van der Waals surface area contributed by atoms with Gasteiger partial charge < -0.3 is 0 Å². The van der Waals surface area contributed by atoms with Crippen LogP contribution in [0.25, 0.3) is 0 Å². The Morgan fingerprint density at radius 1 is 0.812 bits per heavy atom. The third-order valence-corrected chi connectivity index (χ3v) is 3.19. The van der Waals surface area contributed by atoms with E-state index in [0.717, 1.165) is 5.92 Å². The van der Waals surface area contributed by atoms with Gasteiger partial charge in [-0.05, 0) is 5.92 Å². The topological polar surface area (TPSA) is 0 Å². The van der Waals surface area contributed by atoms with Gasteiger partial charge in [-0.3, -0.25) is 0 Å². The van der Waals surface area contributed by atoms with Gasteiger partial charge in [0.2, 0.25) is 0 Å². The monoisotopic (exact) mass is 230 g/mol. The molecule has 1 saturated carbocycles. The Morgan fingerprint density at radius 3 is 1.88 bits per heavy atom. The molecular formula is C16H38. The van der Waals surface area contributed by atoms with Gasteiger partial charge in [0.25, 0.3) is 0 Å². The molecule has 0 radical (unpaired) electrons. The van der Waals surface area contributed by atoms with E-state index in [-0.39, 0.29) is 14.9 Å². The molecule has 0 aromatic heterocycles. The summed E-state index contributed by atoms with van der Waals surface area (Å²) < 4.78 is 0. The summed E-state index contributed by atoms with van der Waals surface area (Å²) in [6, 6.07) is 0. The van der Waals surface area contributed by atoms with Crippen LogP contribution in [-0.4, -0.2) is 0 Å². The largest absolute Gasteiger partial charge is 0.0776 e. The maximum Gasteiger partial charge on any atom is -0.0414 e. The van der Waals surface area contributed by atoms with Crippen molar-refractivity contribution in [2.24, 2.45) is 5.92 Å². The predicted octanol–water partition coefficient (Wildman–Crippen LogP) is 6.84. The molecule has 1 aliphatic rings. The van der Waals surface area contributed by atoms with E-state index < -0.39 is 0 Å². The fraction of sp³-hybridized carbons (Fsp3) is 1.00. The number of unbranched alkanes of at least 4 members (excludes halogenated alkanes) is 3. The van der Waals surface area contributed by atoms with Crippen LogP contribution in [0.1, 0.15) is 99.8 Å². The molecule has 16 heavy (non-hydrogen) atoms. The lowest BCUT2D eigenvalue weighted by Gasteiger charge is -2.21. The number of hydrogen-bond acceptors (Lipinski definition) is 0. The van der Waals surface area contributed by atoms with Crippen molar-refractivity contribution in [2.45, 2.75) is 99.8 Å². The average Bonchev–Trinajstić information content (AvgIpc) is 2.29. The van der Waals surface area contributed by atoms with Gasteiger partial charge in [-0.25, -0.2) is 0 Å². The van der Waals surface area contributed by atoms with Crippen LogP contribution in [0, 0.1) is 5.92 Å². The van der Waals surface area contributed by atoms with Crippen molar-refractivity contribution in [3.05, 3.63) is 0 Å². The van der Waals surface area contributed by atoms with Crippen molar-refractivity contribution in [1.82, 2.24) is 0 Å². The Morgan fingerprint density at radius 2 is 1.38 bits per heavy atom. The maximum absolute atomic E-state index is 2.29. The van der Waals surface area contributed by atoms with E-state index in [1.807, 2.05) is 13.8 Å². The van der Waals surface area contributed by atoms with Crippen molar-refractivity contribution in [1.29, 1.82) is 0 Å². The molecule has 0 N–H and O–H groups in total. The van der Waals surface area contributed by atoms with Gasteiger partial charge in [0.1, 0.15) is 0 Å². The summed E-state index contributed by atoms with van der Waals surface area (Å²) >= 11 is 0. The smallest absolute Gasteiger partial charge is 0.0414 e. The van der Waals surface area contributed by atoms with Gasteiger partial charge >= 0.3 is 0 Å². The second kappa shape index (κ2) is 17.4. The van der Waals surface area contributed by atoms with Crippen LogP contribution < -0.4 is 0 Å². The first kappa shape index (κ1) is 21.3. The number of rotatable bonds is 5. The Bertz CT molecular complexity index is 90.2. The van der Waals surface area contributed by atoms with E-state index in [9.17, 15) is 0 Å². The zero-order valence-electron chi connectivity index (χ0n) is 10.6. The molecule has 0 nitrogen and oxygen atoms in total. The third-order valence-electron chi connectivity index (χ3n) is 3.19. The summed E-state index contributed by atoms with van der Waals surface area (Å²) in [7, 11) is 0. The molecule has 0 aromatic rings. The number of hydrogen-bond donors (Lipinski definition) is 0. The predicted molar refractivity (Wildman–Crippen MR) is 80.1 cm³/mol. The molecule has 0 saturated heterocycles. The lowest BCUT2D eigenvalue weighted by molar-refractivity contribution is 0.328. The van der Waals surface area contributed by atoms with E-state index >= 15 is 0 Å². The highest BCUT2D eigenvalue weighted by molar-refractivity contribution is 4.65. The third kappa shape index (κ3) is 12.1. The summed E-state index contributed by atoms with van der Waals surface area (Å²) in [5.74, 6) is 1.11. The van der Waals surface area contributed by atoms with Crippen LogP contribution in [0.2, 0.25) is 0 Å². The first-order chi connectivity index (χ1) is 6.93. The molecular weight excluding hydrogens is 192 g/mol. The Kier molecular flexibility index (Phi) is 23.2. The molecule has 1 fully saturated rings. The quantitative estimate of drug-likeness (QED) is 0.454. The Labute approximate surface area is 106 Å². The minimum absolute atomic E-state index is 0. The summed E-state index contributed by atoms with van der Waals surface area (Å²) in [6.07, 6.45) is 14.9. The Hall–Kier alpha value is 0. The highest BCUT2D eigenvalue weighted by atomic mass is 14.2. The molecule has 0 bridgehead atoms.